The van der Waals surface area contributed by atoms with Gasteiger partial charge in [0, 0.05) is 50.4 Å². The number of anilines is 3. The van der Waals surface area contributed by atoms with Crippen LogP contribution in [0.3, 0.4) is 0 Å². The molecule has 0 atom stereocenters. The summed E-state index contributed by atoms with van der Waals surface area (Å²) in [6, 6.07) is 61.2. The van der Waals surface area contributed by atoms with Crippen molar-refractivity contribution in [2.45, 2.75) is 0 Å². The van der Waals surface area contributed by atoms with Crippen LogP contribution >= 0.6 is 0 Å². The van der Waals surface area contributed by atoms with E-state index in [1.165, 1.54) is 54.8 Å². The maximum atomic E-state index is 6.31. The van der Waals surface area contributed by atoms with Gasteiger partial charge in [-0.2, -0.15) is 0 Å². The maximum Gasteiger partial charge on any atom is 0.137 e. The van der Waals surface area contributed by atoms with Gasteiger partial charge in [0.1, 0.15) is 11.2 Å². The van der Waals surface area contributed by atoms with Crippen molar-refractivity contribution in [2.24, 2.45) is 0 Å². The summed E-state index contributed by atoms with van der Waals surface area (Å²) in [5.74, 6) is 0. The SMILES string of the molecule is c1ccc(N(c2ccc(-n3c4cccc5c4c4c6c(cccc6ccc43)-c3ccccc3-5)cc2)c2ccc3c(c2)oc2ccccc23)cc1. The molecule has 49 heavy (non-hydrogen) atoms. The van der Waals surface area contributed by atoms with Gasteiger partial charge in [-0.05, 0) is 99.8 Å². The van der Waals surface area contributed by atoms with Crippen molar-refractivity contribution in [1.29, 1.82) is 0 Å². The molecule has 1 aliphatic carbocycles. The summed E-state index contributed by atoms with van der Waals surface area (Å²) < 4.78 is 8.75. The lowest BCUT2D eigenvalue weighted by Gasteiger charge is -2.25. The van der Waals surface area contributed by atoms with Gasteiger partial charge in [0.2, 0.25) is 0 Å². The summed E-state index contributed by atoms with van der Waals surface area (Å²) in [6.45, 7) is 0. The predicted molar refractivity (Wildman–Crippen MR) is 205 cm³/mol. The molecule has 0 radical (unpaired) electrons. The molecule has 2 aromatic heterocycles. The van der Waals surface area contributed by atoms with Gasteiger partial charge in [0.25, 0.3) is 0 Å². The molecular formula is C46H28N2O. The molecule has 11 rings (SSSR count). The lowest BCUT2D eigenvalue weighted by molar-refractivity contribution is 0.669. The Morgan fingerprint density at radius 1 is 0.388 bits per heavy atom. The zero-order valence-corrected chi connectivity index (χ0v) is 26.5. The second-order valence-corrected chi connectivity index (χ2v) is 12.9. The molecule has 0 aliphatic heterocycles. The van der Waals surface area contributed by atoms with Crippen LogP contribution in [-0.4, -0.2) is 4.57 Å². The second-order valence-electron chi connectivity index (χ2n) is 12.9. The molecule has 8 aromatic carbocycles. The zero-order chi connectivity index (χ0) is 32.1. The number of benzene rings is 8. The number of fused-ring (bicyclic) bond motifs is 6. The summed E-state index contributed by atoms with van der Waals surface area (Å²) in [6.07, 6.45) is 0. The third-order valence-electron chi connectivity index (χ3n) is 10.3. The first kappa shape index (κ1) is 26.5. The Hall–Kier alpha value is -6.58. The predicted octanol–water partition coefficient (Wildman–Crippen LogP) is 13.0. The lowest BCUT2D eigenvalue weighted by atomic mass is 9.93. The van der Waals surface area contributed by atoms with E-state index >= 15 is 0 Å². The van der Waals surface area contributed by atoms with E-state index < -0.39 is 0 Å². The molecule has 0 amide bonds. The minimum absolute atomic E-state index is 0.881. The standard InChI is InChI=1S/C46H28N2O/c1-2-11-30(12-3-1)47(33-25-26-37-36-15-6-7-19-42(36)49-43(37)28-33)31-21-23-32(24-22-31)48-40-18-9-17-39-35-14-5-4-13-34(35)38-16-8-10-29-20-27-41(48)46(44(29)38)45(39)40/h1-28H. The van der Waals surface area contributed by atoms with Crippen LogP contribution in [0.15, 0.2) is 174 Å². The summed E-state index contributed by atoms with van der Waals surface area (Å²) >= 11 is 0. The average Bonchev–Trinajstić information content (AvgIpc) is 3.67. The summed E-state index contributed by atoms with van der Waals surface area (Å²) in [4.78, 5) is 2.30. The maximum absolute atomic E-state index is 6.31. The van der Waals surface area contributed by atoms with Crippen LogP contribution in [0.4, 0.5) is 17.1 Å². The van der Waals surface area contributed by atoms with Crippen LogP contribution in [0, 0.1) is 0 Å². The van der Waals surface area contributed by atoms with Crippen molar-refractivity contribution >= 4 is 71.6 Å². The molecule has 0 N–H and O–H groups in total. The van der Waals surface area contributed by atoms with Crippen LogP contribution in [0.2, 0.25) is 0 Å². The minimum Gasteiger partial charge on any atom is -0.456 e. The second kappa shape index (κ2) is 9.96. The number of rotatable bonds is 4. The number of aromatic nitrogens is 1. The normalized spacial score (nSPS) is 12.1. The van der Waals surface area contributed by atoms with Crippen LogP contribution in [0.5, 0.6) is 0 Å². The molecule has 0 spiro atoms. The van der Waals surface area contributed by atoms with Gasteiger partial charge in [0.15, 0.2) is 0 Å². The first-order chi connectivity index (χ1) is 24.3. The smallest absolute Gasteiger partial charge is 0.137 e. The molecule has 1 aliphatic rings. The topological polar surface area (TPSA) is 21.3 Å². The van der Waals surface area contributed by atoms with Crippen molar-refractivity contribution in [3.8, 4) is 27.9 Å². The van der Waals surface area contributed by atoms with Crippen molar-refractivity contribution < 1.29 is 4.42 Å². The fourth-order valence-electron chi connectivity index (χ4n) is 8.24. The molecule has 0 unspecified atom stereocenters. The Labute approximate surface area is 282 Å². The van der Waals surface area contributed by atoms with Crippen molar-refractivity contribution in [3.63, 3.8) is 0 Å². The first-order valence-corrected chi connectivity index (χ1v) is 16.8. The highest BCUT2D eigenvalue weighted by Crippen LogP contribution is 2.49. The van der Waals surface area contributed by atoms with Crippen LogP contribution in [-0.2, 0) is 0 Å². The van der Waals surface area contributed by atoms with Gasteiger partial charge in [-0.25, -0.2) is 0 Å². The number of nitrogens with zero attached hydrogens (tertiary/aromatic N) is 2. The van der Waals surface area contributed by atoms with Crippen LogP contribution in [0.1, 0.15) is 0 Å². The van der Waals surface area contributed by atoms with Crippen LogP contribution < -0.4 is 4.90 Å². The zero-order valence-electron chi connectivity index (χ0n) is 26.5. The van der Waals surface area contributed by atoms with Gasteiger partial charge in [-0.3, -0.25) is 0 Å². The third kappa shape index (κ3) is 3.73. The van der Waals surface area contributed by atoms with E-state index in [1.54, 1.807) is 0 Å². The summed E-state index contributed by atoms with van der Waals surface area (Å²) in [5.41, 5.74) is 13.7. The molecule has 228 valence electrons. The van der Waals surface area contributed by atoms with Crippen molar-refractivity contribution in [3.05, 3.63) is 170 Å². The van der Waals surface area contributed by atoms with E-state index in [0.29, 0.717) is 0 Å². The highest BCUT2D eigenvalue weighted by atomic mass is 16.3. The van der Waals surface area contributed by atoms with E-state index in [9.17, 15) is 0 Å². The van der Waals surface area contributed by atoms with E-state index in [0.717, 1.165) is 44.7 Å². The Morgan fingerprint density at radius 2 is 1.02 bits per heavy atom. The van der Waals surface area contributed by atoms with Gasteiger partial charge in [-0.1, -0.05) is 97.1 Å². The van der Waals surface area contributed by atoms with Crippen molar-refractivity contribution in [1.82, 2.24) is 4.57 Å². The molecule has 3 nitrogen and oxygen atoms in total. The molecular weight excluding hydrogens is 597 g/mol. The Morgan fingerprint density at radius 3 is 1.86 bits per heavy atom. The monoisotopic (exact) mass is 624 g/mol. The largest absolute Gasteiger partial charge is 0.456 e. The number of para-hydroxylation sites is 2. The minimum atomic E-state index is 0.881. The fourth-order valence-corrected chi connectivity index (χ4v) is 8.24. The van der Waals surface area contributed by atoms with E-state index in [4.69, 9.17) is 4.42 Å². The molecule has 3 heteroatoms. The average molecular weight is 625 g/mol. The Bertz CT molecular complexity index is 2930. The summed E-state index contributed by atoms with van der Waals surface area (Å²) in [5, 5.41) is 7.50. The quantitative estimate of drug-likeness (QED) is 0.194. The van der Waals surface area contributed by atoms with Gasteiger partial charge in [-0.15, -0.1) is 0 Å². The van der Waals surface area contributed by atoms with Crippen LogP contribution in [0.25, 0.3) is 82.5 Å². The Kier molecular flexibility index (Phi) is 5.38. The molecule has 0 saturated heterocycles. The van der Waals surface area contributed by atoms with E-state index in [1.807, 2.05) is 12.1 Å². The highest BCUT2D eigenvalue weighted by molar-refractivity contribution is 6.30. The Balaban J connectivity index is 1.12. The van der Waals surface area contributed by atoms with Crippen molar-refractivity contribution in [2.75, 3.05) is 4.90 Å². The van der Waals surface area contributed by atoms with Gasteiger partial charge < -0.3 is 13.9 Å². The number of hydrogen-bond donors (Lipinski definition) is 0. The van der Waals surface area contributed by atoms with Gasteiger partial charge in [0.05, 0.1) is 11.0 Å². The molecule has 0 bridgehead atoms. The van der Waals surface area contributed by atoms with Gasteiger partial charge >= 0.3 is 0 Å². The highest BCUT2D eigenvalue weighted by Gasteiger charge is 2.24. The van der Waals surface area contributed by atoms with E-state index in [-0.39, 0.29) is 0 Å². The van der Waals surface area contributed by atoms with E-state index in [2.05, 4.69) is 167 Å². The fraction of sp³-hybridized carbons (Fsp3) is 0. The first-order valence-electron chi connectivity index (χ1n) is 16.8. The molecule has 2 heterocycles. The molecule has 10 aromatic rings. The third-order valence-corrected chi connectivity index (χ3v) is 10.3. The summed E-state index contributed by atoms with van der Waals surface area (Å²) in [7, 11) is 0. The molecule has 0 saturated carbocycles. The number of hydrogen-bond acceptors (Lipinski definition) is 2. The lowest BCUT2D eigenvalue weighted by Crippen LogP contribution is -2.09. The number of furan rings is 1. The molecule has 0 fully saturated rings.